The van der Waals surface area contributed by atoms with Gasteiger partial charge in [-0.25, -0.2) is 0 Å². The molecule has 0 N–H and O–H groups in total. The van der Waals surface area contributed by atoms with Crippen LogP contribution in [0.2, 0.25) is 0 Å². The first-order chi connectivity index (χ1) is 28.7. The molecule has 0 saturated heterocycles. The van der Waals surface area contributed by atoms with Crippen LogP contribution >= 0.6 is 0 Å². The van der Waals surface area contributed by atoms with E-state index in [0.717, 1.165) is 11.8 Å². The van der Waals surface area contributed by atoms with Crippen molar-refractivity contribution in [3.63, 3.8) is 0 Å². The van der Waals surface area contributed by atoms with Crippen molar-refractivity contribution in [3.05, 3.63) is 185 Å². The molecule has 1 spiro atoms. The van der Waals surface area contributed by atoms with Crippen molar-refractivity contribution in [1.82, 2.24) is 0 Å². The third-order valence-electron chi connectivity index (χ3n) is 16.6. The van der Waals surface area contributed by atoms with Gasteiger partial charge in [0.15, 0.2) is 0 Å². The highest BCUT2D eigenvalue weighted by molar-refractivity contribution is 5.96. The van der Waals surface area contributed by atoms with Crippen LogP contribution in [0.1, 0.15) is 93.2 Å². The lowest BCUT2D eigenvalue weighted by Crippen LogP contribution is -2.55. The zero-order chi connectivity index (χ0) is 39.4. The van der Waals surface area contributed by atoms with E-state index >= 15 is 0 Å². The van der Waals surface area contributed by atoms with Crippen LogP contribution in [0.3, 0.4) is 0 Å². The minimum absolute atomic E-state index is 0.0948. The fourth-order valence-corrected chi connectivity index (χ4v) is 14.3. The average Bonchev–Trinajstić information content (AvgIpc) is 3.77. The normalized spacial score (nSPS) is 24.9. The highest BCUT2D eigenvalue weighted by Crippen LogP contribution is 2.70. The Hall–Kier alpha value is -5.66. The molecule has 7 aliphatic carbocycles. The van der Waals surface area contributed by atoms with Crippen LogP contribution in [-0.2, 0) is 16.2 Å². The molecule has 59 heavy (non-hydrogen) atoms. The summed E-state index contributed by atoms with van der Waals surface area (Å²) in [6, 6.07) is 58.9. The second-order valence-electron chi connectivity index (χ2n) is 20.1. The summed E-state index contributed by atoms with van der Waals surface area (Å²) < 4.78 is 0. The quantitative estimate of drug-likeness (QED) is 0.173. The highest BCUT2D eigenvalue weighted by Gasteiger charge is 2.62. The van der Waals surface area contributed by atoms with E-state index < -0.39 is 0 Å². The van der Waals surface area contributed by atoms with Gasteiger partial charge in [0.2, 0.25) is 0 Å². The first-order valence-corrected chi connectivity index (χ1v) is 22.4. The predicted molar refractivity (Wildman–Crippen MR) is 245 cm³/mol. The van der Waals surface area contributed by atoms with E-state index in [1.165, 1.54) is 116 Å². The smallest absolute Gasteiger partial charge is 0.0468 e. The van der Waals surface area contributed by atoms with Crippen LogP contribution in [0, 0.1) is 23.7 Å². The number of rotatable bonds is 4. The molecular formula is C58H51N. The van der Waals surface area contributed by atoms with E-state index in [-0.39, 0.29) is 16.2 Å². The fraction of sp³-hybridized carbons (Fsp3) is 0.276. The second kappa shape index (κ2) is 11.8. The van der Waals surface area contributed by atoms with Crippen molar-refractivity contribution < 1.29 is 0 Å². The highest BCUT2D eigenvalue weighted by atomic mass is 15.1. The average molecular weight is 762 g/mol. The number of nitrogens with zero attached hydrogens (tertiary/aromatic N) is 1. The number of hydrogen-bond donors (Lipinski definition) is 0. The minimum Gasteiger partial charge on any atom is -0.310 e. The molecule has 288 valence electrons. The van der Waals surface area contributed by atoms with E-state index in [1.807, 2.05) is 0 Å². The molecule has 1 heteroatoms. The van der Waals surface area contributed by atoms with E-state index in [9.17, 15) is 0 Å². The Labute approximate surface area is 349 Å². The summed E-state index contributed by atoms with van der Waals surface area (Å²) in [5.41, 5.74) is 23.5. The molecule has 1 nitrogen and oxygen atoms in total. The minimum atomic E-state index is -0.0948. The molecule has 4 saturated carbocycles. The van der Waals surface area contributed by atoms with E-state index in [1.54, 1.807) is 11.1 Å². The number of fused-ring (bicyclic) bond motifs is 9. The van der Waals surface area contributed by atoms with Crippen molar-refractivity contribution >= 4 is 17.1 Å². The summed E-state index contributed by atoms with van der Waals surface area (Å²) in [5.74, 6) is 3.25. The molecular weight excluding hydrogens is 711 g/mol. The predicted octanol–water partition coefficient (Wildman–Crippen LogP) is 15.2. The molecule has 0 amide bonds. The molecule has 0 unspecified atom stereocenters. The molecule has 7 aromatic rings. The van der Waals surface area contributed by atoms with Gasteiger partial charge in [-0.1, -0.05) is 143 Å². The summed E-state index contributed by atoms with van der Waals surface area (Å²) in [7, 11) is 0. The molecule has 0 aromatic heterocycles. The van der Waals surface area contributed by atoms with Crippen LogP contribution in [0.4, 0.5) is 17.1 Å². The van der Waals surface area contributed by atoms with Gasteiger partial charge >= 0.3 is 0 Å². The maximum Gasteiger partial charge on any atom is 0.0468 e. The third-order valence-corrected chi connectivity index (χ3v) is 16.6. The molecule has 0 aliphatic heterocycles. The number of benzene rings is 7. The second-order valence-corrected chi connectivity index (χ2v) is 20.1. The first-order valence-electron chi connectivity index (χ1n) is 22.4. The Morgan fingerprint density at radius 1 is 0.373 bits per heavy atom. The number of hydrogen-bond acceptors (Lipinski definition) is 1. The Kier molecular flexibility index (Phi) is 6.82. The zero-order valence-electron chi connectivity index (χ0n) is 34.7. The van der Waals surface area contributed by atoms with Crippen LogP contribution in [0.5, 0.6) is 0 Å². The van der Waals surface area contributed by atoms with Gasteiger partial charge in [-0.2, -0.15) is 0 Å². The van der Waals surface area contributed by atoms with Gasteiger partial charge in [-0.15, -0.1) is 0 Å². The summed E-state index contributed by atoms with van der Waals surface area (Å²) in [6.45, 7) is 9.62. The molecule has 14 rings (SSSR count). The van der Waals surface area contributed by atoms with Crippen molar-refractivity contribution in [2.24, 2.45) is 23.7 Å². The monoisotopic (exact) mass is 761 g/mol. The van der Waals surface area contributed by atoms with Gasteiger partial charge < -0.3 is 4.90 Å². The maximum atomic E-state index is 2.61. The van der Waals surface area contributed by atoms with Crippen molar-refractivity contribution in [3.8, 4) is 44.5 Å². The lowest BCUT2D eigenvalue weighted by atomic mass is 9.43. The summed E-state index contributed by atoms with van der Waals surface area (Å²) in [5, 5.41) is 0. The maximum absolute atomic E-state index is 2.61. The first kappa shape index (κ1) is 34.2. The molecule has 0 radical (unpaired) electrons. The standard InChI is InChI=1S/C58H51N/c1-56(2)49-18-10-8-15-44(49)46-24-21-41(33-53(46)56)59(42-22-25-47-45-16-9-11-19-50(45)57(3,4)54(47)34-42)40-23-26-51-48(32-40)55-43(37-13-6-5-7-14-37)17-12-20-52(55)58(51)38-28-35-27-36(30-38)31-39(58)29-35/h5-26,32-36,38-39H,27-31H2,1-4H3. The molecule has 7 aliphatic rings. The molecule has 7 aromatic carbocycles. The number of anilines is 3. The van der Waals surface area contributed by atoms with Crippen LogP contribution in [0.15, 0.2) is 152 Å². The van der Waals surface area contributed by atoms with Crippen molar-refractivity contribution in [2.45, 2.75) is 76.0 Å². The molecule has 4 bridgehead atoms. The SMILES string of the molecule is CC1(C)c2ccccc2-c2ccc(N(c3ccc4c(c3)-c3c(-c5ccccc5)cccc3C43C4CC5CC(C4)CC3C5)c3ccc4c(c3)C(C)(C)c3ccccc3-4)cc21. The van der Waals surface area contributed by atoms with Crippen LogP contribution in [-0.4, -0.2) is 0 Å². The van der Waals surface area contributed by atoms with Crippen LogP contribution < -0.4 is 4.90 Å². The van der Waals surface area contributed by atoms with Crippen LogP contribution in [0.25, 0.3) is 44.5 Å². The Morgan fingerprint density at radius 2 is 0.847 bits per heavy atom. The molecule has 4 fully saturated rings. The van der Waals surface area contributed by atoms with Gasteiger partial charge in [0.05, 0.1) is 0 Å². The summed E-state index contributed by atoms with van der Waals surface area (Å²) >= 11 is 0. The van der Waals surface area contributed by atoms with Crippen molar-refractivity contribution in [1.29, 1.82) is 0 Å². The zero-order valence-corrected chi connectivity index (χ0v) is 34.7. The van der Waals surface area contributed by atoms with Gasteiger partial charge in [-0.3, -0.25) is 0 Å². The lowest BCUT2D eigenvalue weighted by Gasteiger charge is -2.61. The van der Waals surface area contributed by atoms with E-state index in [4.69, 9.17) is 0 Å². The fourth-order valence-electron chi connectivity index (χ4n) is 14.3. The Balaban J connectivity index is 1.05. The lowest BCUT2D eigenvalue weighted by molar-refractivity contribution is -0.0399. The summed E-state index contributed by atoms with van der Waals surface area (Å²) in [4.78, 5) is 2.59. The van der Waals surface area contributed by atoms with E-state index in [2.05, 4.69) is 184 Å². The van der Waals surface area contributed by atoms with E-state index in [0.29, 0.717) is 11.8 Å². The van der Waals surface area contributed by atoms with Gasteiger partial charge in [0, 0.05) is 33.3 Å². The molecule has 0 heterocycles. The van der Waals surface area contributed by atoms with Crippen molar-refractivity contribution in [2.75, 3.05) is 4.90 Å². The largest absolute Gasteiger partial charge is 0.310 e. The molecule has 0 atom stereocenters. The van der Waals surface area contributed by atoms with Gasteiger partial charge in [0.25, 0.3) is 0 Å². The van der Waals surface area contributed by atoms with Gasteiger partial charge in [-0.05, 0) is 170 Å². The topological polar surface area (TPSA) is 3.24 Å². The van der Waals surface area contributed by atoms with Gasteiger partial charge in [0.1, 0.15) is 0 Å². The summed E-state index contributed by atoms with van der Waals surface area (Å²) in [6.07, 6.45) is 7.00. The Morgan fingerprint density at radius 3 is 1.44 bits per heavy atom. The third kappa shape index (κ3) is 4.41. The Bertz CT molecular complexity index is 2770.